The molecule has 1 aromatic heterocycles. The molecule has 2 heterocycles. The van der Waals surface area contributed by atoms with Crippen LogP contribution in [0.5, 0.6) is 5.75 Å². The van der Waals surface area contributed by atoms with Gasteiger partial charge >= 0.3 is 5.97 Å². The highest BCUT2D eigenvalue weighted by molar-refractivity contribution is 7.99. The Morgan fingerprint density at radius 1 is 1.19 bits per heavy atom. The minimum atomic E-state index is -0.695. The van der Waals surface area contributed by atoms with Crippen molar-refractivity contribution in [2.24, 2.45) is 11.8 Å². The molecule has 4 rings (SSSR count). The standard InChI is InChI=1S/C29H35ClN2O3S/c1-35-25-9-10-28-27(19-25)22(12-14-31-28)5-2-4-21-13-15-32(20-23(21)8-11-29(33)34)16-17-36-26-7-3-6-24(30)18-26/h3,6-7,9-10,12,14,18-19,21,23H,2,4-5,8,11,13,15-17,20H2,1H3,(H,33,34)/t21-,23+/m1/s1. The number of benzene rings is 2. The zero-order valence-corrected chi connectivity index (χ0v) is 22.4. The van der Waals surface area contributed by atoms with Crippen LogP contribution in [-0.4, -0.2) is 53.5 Å². The molecule has 1 aliphatic rings. The SMILES string of the molecule is COc1ccc2nccc(CCC[C@@H]3CCN(CCSc4cccc(Cl)c4)C[C@@H]3CCC(=O)O)c2c1. The molecule has 2 aromatic carbocycles. The fourth-order valence-corrected chi connectivity index (χ4v) is 6.53. The summed E-state index contributed by atoms with van der Waals surface area (Å²) in [5.41, 5.74) is 2.30. The first-order valence-electron chi connectivity index (χ1n) is 12.8. The molecule has 1 aliphatic heterocycles. The number of methoxy groups -OCH3 is 1. The van der Waals surface area contributed by atoms with Crippen molar-refractivity contribution in [3.05, 3.63) is 65.3 Å². The molecule has 1 saturated heterocycles. The molecule has 5 nitrogen and oxygen atoms in total. The van der Waals surface area contributed by atoms with E-state index in [4.69, 9.17) is 16.3 Å². The fourth-order valence-electron chi connectivity index (χ4n) is 5.31. The topological polar surface area (TPSA) is 62.7 Å². The van der Waals surface area contributed by atoms with Gasteiger partial charge in [0.2, 0.25) is 0 Å². The number of likely N-dealkylation sites (tertiary alicyclic amines) is 1. The van der Waals surface area contributed by atoms with Gasteiger partial charge in [0.1, 0.15) is 5.75 Å². The molecule has 7 heteroatoms. The average molecular weight is 527 g/mol. The number of hydrogen-bond donors (Lipinski definition) is 1. The Balaban J connectivity index is 1.31. The molecule has 0 aliphatic carbocycles. The third-order valence-corrected chi connectivity index (χ3v) is 8.45. The van der Waals surface area contributed by atoms with E-state index in [0.717, 1.165) is 79.2 Å². The number of piperidine rings is 1. The van der Waals surface area contributed by atoms with E-state index in [1.165, 1.54) is 10.5 Å². The normalized spacial score (nSPS) is 18.4. The van der Waals surface area contributed by atoms with Crippen molar-refractivity contribution in [3.8, 4) is 5.75 Å². The number of carbonyl (C=O) groups is 1. The van der Waals surface area contributed by atoms with Crippen molar-refractivity contribution in [3.63, 3.8) is 0 Å². The van der Waals surface area contributed by atoms with Gasteiger partial charge in [-0.3, -0.25) is 9.78 Å². The Hall–Kier alpha value is -2.28. The molecule has 3 aromatic rings. The molecule has 0 unspecified atom stereocenters. The summed E-state index contributed by atoms with van der Waals surface area (Å²) in [6.45, 7) is 3.08. The minimum Gasteiger partial charge on any atom is -0.497 e. The van der Waals surface area contributed by atoms with Crippen LogP contribution >= 0.6 is 23.4 Å². The van der Waals surface area contributed by atoms with Crippen LogP contribution in [0.3, 0.4) is 0 Å². The number of aromatic nitrogens is 1. The molecule has 36 heavy (non-hydrogen) atoms. The third-order valence-electron chi connectivity index (χ3n) is 7.24. The minimum absolute atomic E-state index is 0.251. The number of carboxylic acids is 1. The van der Waals surface area contributed by atoms with E-state index in [0.29, 0.717) is 11.8 Å². The molecule has 0 radical (unpaired) electrons. The van der Waals surface area contributed by atoms with Gasteiger partial charge in [0.15, 0.2) is 0 Å². The number of aliphatic carboxylic acids is 1. The van der Waals surface area contributed by atoms with Gasteiger partial charge in [0.05, 0.1) is 12.6 Å². The van der Waals surface area contributed by atoms with Crippen molar-refractivity contribution >= 4 is 40.2 Å². The summed E-state index contributed by atoms with van der Waals surface area (Å²) in [7, 11) is 1.69. The maximum absolute atomic E-state index is 11.3. The molecule has 2 atom stereocenters. The second-order valence-corrected chi connectivity index (χ2v) is 11.2. The van der Waals surface area contributed by atoms with Crippen LogP contribution in [0.4, 0.5) is 0 Å². The van der Waals surface area contributed by atoms with Crippen molar-refractivity contribution in [2.75, 3.05) is 32.5 Å². The molecule has 1 fully saturated rings. The second-order valence-electron chi connectivity index (χ2n) is 9.59. The summed E-state index contributed by atoms with van der Waals surface area (Å²) in [4.78, 5) is 19.5. The van der Waals surface area contributed by atoms with E-state index >= 15 is 0 Å². The number of pyridine rings is 1. The molecule has 1 N–H and O–H groups in total. The summed E-state index contributed by atoms with van der Waals surface area (Å²) in [6.07, 6.45) is 7.25. The van der Waals surface area contributed by atoms with Gasteiger partial charge in [-0.25, -0.2) is 0 Å². The van der Waals surface area contributed by atoms with Gasteiger partial charge in [-0.15, -0.1) is 11.8 Å². The number of carboxylic acid groups (broad SMARTS) is 1. The maximum Gasteiger partial charge on any atom is 0.303 e. The number of nitrogens with zero attached hydrogens (tertiary/aromatic N) is 2. The van der Waals surface area contributed by atoms with Gasteiger partial charge in [0, 0.05) is 46.8 Å². The van der Waals surface area contributed by atoms with Crippen molar-refractivity contribution in [1.29, 1.82) is 0 Å². The Kier molecular flexibility index (Phi) is 9.90. The highest BCUT2D eigenvalue weighted by Crippen LogP contribution is 2.33. The first-order valence-corrected chi connectivity index (χ1v) is 14.1. The van der Waals surface area contributed by atoms with E-state index in [9.17, 15) is 9.90 Å². The van der Waals surface area contributed by atoms with Crippen molar-refractivity contribution in [2.45, 2.75) is 43.4 Å². The van der Waals surface area contributed by atoms with Gasteiger partial charge in [0.25, 0.3) is 0 Å². The molecule has 0 amide bonds. The molecular weight excluding hydrogens is 492 g/mol. The fraction of sp³-hybridized carbons (Fsp3) is 0.448. The lowest BCUT2D eigenvalue weighted by atomic mass is 9.79. The Labute approximate surface area is 223 Å². The van der Waals surface area contributed by atoms with E-state index in [2.05, 4.69) is 28.1 Å². The van der Waals surface area contributed by atoms with Crippen molar-refractivity contribution < 1.29 is 14.6 Å². The van der Waals surface area contributed by atoms with Gasteiger partial charge in [-0.2, -0.15) is 0 Å². The summed E-state index contributed by atoms with van der Waals surface area (Å²) in [6, 6.07) is 16.2. The zero-order chi connectivity index (χ0) is 25.3. The van der Waals surface area contributed by atoms with Crippen LogP contribution in [-0.2, 0) is 11.2 Å². The number of fused-ring (bicyclic) bond motifs is 1. The van der Waals surface area contributed by atoms with Gasteiger partial charge in [-0.05, 0) is 98.5 Å². The van der Waals surface area contributed by atoms with E-state index in [1.54, 1.807) is 7.11 Å². The van der Waals surface area contributed by atoms with Crippen LogP contribution < -0.4 is 4.74 Å². The quantitative estimate of drug-likeness (QED) is 0.261. The number of rotatable bonds is 12. The first-order chi connectivity index (χ1) is 17.5. The predicted octanol–water partition coefficient (Wildman–Crippen LogP) is 6.81. The number of hydrogen-bond acceptors (Lipinski definition) is 5. The maximum atomic E-state index is 11.3. The Morgan fingerprint density at radius 3 is 2.89 bits per heavy atom. The van der Waals surface area contributed by atoms with E-state index < -0.39 is 5.97 Å². The smallest absolute Gasteiger partial charge is 0.303 e. The lowest BCUT2D eigenvalue weighted by Crippen LogP contribution is -2.41. The highest BCUT2D eigenvalue weighted by Gasteiger charge is 2.29. The van der Waals surface area contributed by atoms with Crippen molar-refractivity contribution in [1.82, 2.24) is 9.88 Å². The molecular formula is C29H35ClN2O3S. The van der Waals surface area contributed by atoms with Crippen LogP contribution in [0.15, 0.2) is 59.6 Å². The lowest BCUT2D eigenvalue weighted by molar-refractivity contribution is -0.137. The van der Waals surface area contributed by atoms with Gasteiger partial charge < -0.3 is 14.7 Å². The van der Waals surface area contributed by atoms with E-state index in [-0.39, 0.29) is 6.42 Å². The number of thioether (sulfide) groups is 1. The Bertz CT molecular complexity index is 1160. The summed E-state index contributed by atoms with van der Waals surface area (Å²) in [5.74, 6) is 2.17. The zero-order valence-electron chi connectivity index (χ0n) is 20.9. The van der Waals surface area contributed by atoms with E-state index in [1.807, 2.05) is 48.3 Å². The number of halogens is 1. The van der Waals surface area contributed by atoms with Gasteiger partial charge in [-0.1, -0.05) is 17.7 Å². The molecule has 0 spiro atoms. The number of aryl methyl sites for hydroxylation is 1. The van der Waals surface area contributed by atoms with Crippen LogP contribution in [0, 0.1) is 11.8 Å². The lowest BCUT2D eigenvalue weighted by Gasteiger charge is -2.39. The first kappa shape index (κ1) is 26.8. The molecule has 192 valence electrons. The summed E-state index contributed by atoms with van der Waals surface area (Å²) >= 11 is 7.94. The third kappa shape index (κ3) is 7.61. The predicted molar refractivity (Wildman–Crippen MR) is 148 cm³/mol. The largest absolute Gasteiger partial charge is 0.497 e. The average Bonchev–Trinajstić information content (AvgIpc) is 2.88. The highest BCUT2D eigenvalue weighted by atomic mass is 35.5. The number of ether oxygens (including phenoxy) is 1. The van der Waals surface area contributed by atoms with Crippen LogP contribution in [0.1, 0.15) is 37.7 Å². The molecule has 0 saturated carbocycles. The second kappa shape index (κ2) is 13.3. The Morgan fingerprint density at radius 2 is 2.08 bits per heavy atom. The van der Waals surface area contributed by atoms with Crippen LogP contribution in [0.2, 0.25) is 5.02 Å². The monoisotopic (exact) mass is 526 g/mol. The van der Waals surface area contributed by atoms with Crippen LogP contribution in [0.25, 0.3) is 10.9 Å². The molecule has 0 bridgehead atoms. The summed E-state index contributed by atoms with van der Waals surface area (Å²) in [5, 5.41) is 11.2. The summed E-state index contributed by atoms with van der Waals surface area (Å²) < 4.78 is 5.42.